The van der Waals surface area contributed by atoms with Gasteiger partial charge < -0.3 is 22.1 Å². The van der Waals surface area contributed by atoms with Crippen LogP contribution in [0.5, 0.6) is 0 Å². The Morgan fingerprint density at radius 2 is 1.04 bits per heavy atom. The molecule has 0 rings (SSSR count). The van der Waals surface area contributed by atoms with Crippen molar-refractivity contribution in [1.29, 1.82) is 21.6 Å². The Bertz CT molecular complexity index is 324. The lowest BCUT2D eigenvalue weighted by molar-refractivity contribution is 0.744. The van der Waals surface area contributed by atoms with Crippen LogP contribution in [0.4, 0.5) is 0 Å². The summed E-state index contributed by atoms with van der Waals surface area (Å²) in [5.41, 5.74) is 9.98. The van der Waals surface area contributed by atoms with Crippen molar-refractivity contribution in [1.82, 2.24) is 21.3 Å². The Hall–Kier alpha value is -2.23. The van der Waals surface area contributed by atoms with Gasteiger partial charge in [0.1, 0.15) is 0 Å². The minimum absolute atomic E-state index is 0. The largest absolute Gasteiger partial charge is 0.370 e. The van der Waals surface area contributed by atoms with Crippen molar-refractivity contribution in [2.45, 2.75) is 39.5 Å². The normalized spacial score (nSPS) is 8.43. The minimum Gasteiger partial charge on any atom is -0.370 e. The first kappa shape index (κ1) is 25.7. The van der Waals surface area contributed by atoms with Crippen molar-refractivity contribution in [2.75, 3.05) is 13.1 Å². The van der Waals surface area contributed by atoms with Gasteiger partial charge in [-0.1, -0.05) is 26.7 Å². The number of hydrogen-bond donors (Lipinski definition) is 10. The lowest BCUT2D eigenvalue weighted by Crippen LogP contribution is -2.43. The maximum Gasteiger partial charge on any atom is 0.195 e. The number of guanidine groups is 4. The zero-order valence-electron chi connectivity index (χ0n) is 13.8. The second-order valence-corrected chi connectivity index (χ2v) is 4.39. The van der Waals surface area contributed by atoms with E-state index < -0.39 is 0 Å². The molecule has 0 aromatic carbocycles. The van der Waals surface area contributed by atoms with Crippen molar-refractivity contribution in [3.05, 3.63) is 0 Å². The summed E-state index contributed by atoms with van der Waals surface area (Å²) in [7, 11) is 0. The third kappa shape index (κ3) is 25.1. The molecular weight excluding hydrogens is 320 g/mol. The summed E-state index contributed by atoms with van der Waals surface area (Å²) in [6, 6.07) is 0. The first-order valence-corrected chi connectivity index (χ1v) is 7.20. The highest BCUT2D eigenvalue weighted by atomic mass is 35.5. The van der Waals surface area contributed by atoms with Gasteiger partial charge in [0.05, 0.1) is 0 Å². The standard InChI is InChI=1S/2C6H15N5.ClH/c2*1-2-3-4-10-6(9)11-5(7)8;/h2*2-4H2,1H3,(H6,7,8,9,10,11);1H. The molecule has 0 unspecified atom stereocenters. The first-order valence-electron chi connectivity index (χ1n) is 7.20. The lowest BCUT2D eigenvalue weighted by Gasteiger charge is -2.07. The molecule has 0 heterocycles. The van der Waals surface area contributed by atoms with Gasteiger partial charge in [0.15, 0.2) is 23.8 Å². The van der Waals surface area contributed by atoms with E-state index in [0.29, 0.717) is 0 Å². The number of rotatable bonds is 6. The SMILES string of the molecule is CCCCNC(=N)NC(=N)N.CCCCNC(=N)NC(=N)N.Cl. The highest BCUT2D eigenvalue weighted by Gasteiger charge is 1.94. The van der Waals surface area contributed by atoms with Gasteiger partial charge in [0.2, 0.25) is 0 Å². The van der Waals surface area contributed by atoms with Crippen LogP contribution in [0.15, 0.2) is 0 Å². The highest BCUT2D eigenvalue weighted by Crippen LogP contribution is 1.81. The van der Waals surface area contributed by atoms with Crippen LogP contribution in [0.2, 0.25) is 0 Å². The zero-order valence-corrected chi connectivity index (χ0v) is 14.6. The Morgan fingerprint density at radius 3 is 1.26 bits per heavy atom. The molecule has 0 aromatic heterocycles. The smallest absolute Gasteiger partial charge is 0.195 e. The van der Waals surface area contributed by atoms with E-state index in [-0.39, 0.29) is 36.2 Å². The lowest BCUT2D eigenvalue weighted by atomic mass is 10.3. The molecule has 0 bridgehead atoms. The molecule has 23 heavy (non-hydrogen) atoms. The van der Waals surface area contributed by atoms with Crippen LogP contribution in [-0.4, -0.2) is 36.9 Å². The van der Waals surface area contributed by atoms with Gasteiger partial charge in [0.25, 0.3) is 0 Å². The van der Waals surface area contributed by atoms with Crippen LogP contribution >= 0.6 is 12.4 Å². The van der Waals surface area contributed by atoms with Gasteiger partial charge in [-0.15, -0.1) is 12.4 Å². The van der Waals surface area contributed by atoms with Gasteiger partial charge in [-0.2, -0.15) is 0 Å². The molecule has 0 atom stereocenters. The summed E-state index contributed by atoms with van der Waals surface area (Å²) in [4.78, 5) is 0. The van der Waals surface area contributed by atoms with Crippen LogP contribution in [-0.2, 0) is 0 Å². The summed E-state index contributed by atoms with van der Waals surface area (Å²) in [6.45, 7) is 5.64. The fourth-order valence-electron chi connectivity index (χ4n) is 1.14. The van der Waals surface area contributed by atoms with Crippen LogP contribution in [0.1, 0.15) is 39.5 Å². The molecule has 0 radical (unpaired) electrons. The fraction of sp³-hybridized carbons (Fsp3) is 0.667. The number of unbranched alkanes of at least 4 members (excludes halogenated alkanes) is 2. The monoisotopic (exact) mass is 350 g/mol. The fourth-order valence-corrected chi connectivity index (χ4v) is 1.14. The van der Waals surface area contributed by atoms with Crippen LogP contribution in [0.3, 0.4) is 0 Å². The molecule has 0 fully saturated rings. The van der Waals surface area contributed by atoms with E-state index in [1.165, 1.54) is 0 Å². The zero-order chi connectivity index (χ0) is 17.4. The third-order valence-electron chi connectivity index (χ3n) is 2.18. The molecule has 0 aliphatic rings. The van der Waals surface area contributed by atoms with Crippen LogP contribution in [0, 0.1) is 21.6 Å². The maximum atomic E-state index is 7.15. The Balaban J connectivity index is -0.000000333. The molecule has 0 aliphatic heterocycles. The topological polar surface area (TPSA) is 196 Å². The molecule has 0 aromatic rings. The van der Waals surface area contributed by atoms with Crippen molar-refractivity contribution < 1.29 is 0 Å². The summed E-state index contributed by atoms with van der Waals surface area (Å²) < 4.78 is 0. The molecule has 0 amide bonds. The van der Waals surface area contributed by atoms with Gasteiger partial charge in [0, 0.05) is 13.1 Å². The number of nitrogens with one attached hydrogen (secondary N) is 8. The van der Waals surface area contributed by atoms with E-state index in [0.717, 1.165) is 38.8 Å². The second-order valence-electron chi connectivity index (χ2n) is 4.39. The molecular formula is C12H31ClN10. The number of hydrogen-bond acceptors (Lipinski definition) is 4. The van der Waals surface area contributed by atoms with Crippen molar-refractivity contribution >= 4 is 36.2 Å². The molecule has 136 valence electrons. The van der Waals surface area contributed by atoms with Crippen molar-refractivity contribution in [3.63, 3.8) is 0 Å². The average Bonchev–Trinajstić information content (AvgIpc) is 2.38. The van der Waals surface area contributed by atoms with Gasteiger partial charge in [-0.3, -0.25) is 32.3 Å². The summed E-state index contributed by atoms with van der Waals surface area (Å²) in [6.07, 6.45) is 4.20. The van der Waals surface area contributed by atoms with Crippen molar-refractivity contribution in [3.8, 4) is 0 Å². The molecule has 0 saturated heterocycles. The maximum absolute atomic E-state index is 7.15. The van der Waals surface area contributed by atoms with Crippen LogP contribution in [0.25, 0.3) is 0 Å². The van der Waals surface area contributed by atoms with E-state index in [1.807, 2.05) is 0 Å². The summed E-state index contributed by atoms with van der Waals surface area (Å²) >= 11 is 0. The predicted octanol–water partition coefficient (Wildman–Crippen LogP) is 0.00968. The molecule has 0 spiro atoms. The van der Waals surface area contributed by atoms with Gasteiger partial charge in [-0.25, -0.2) is 0 Å². The second kappa shape index (κ2) is 17.8. The average molecular weight is 351 g/mol. The molecule has 11 heteroatoms. The summed E-state index contributed by atoms with van der Waals surface area (Å²) in [5.74, 6) is -0.241. The Kier molecular flexibility index (Phi) is 19.9. The Morgan fingerprint density at radius 1 is 0.739 bits per heavy atom. The van der Waals surface area contributed by atoms with Gasteiger partial charge >= 0.3 is 0 Å². The molecule has 0 aliphatic carbocycles. The third-order valence-corrected chi connectivity index (χ3v) is 2.18. The molecule has 12 N–H and O–H groups in total. The van der Waals surface area contributed by atoms with Crippen molar-refractivity contribution in [2.24, 2.45) is 11.5 Å². The minimum atomic E-state index is -0.209. The van der Waals surface area contributed by atoms with E-state index in [2.05, 4.69) is 35.1 Å². The van der Waals surface area contributed by atoms with E-state index in [4.69, 9.17) is 33.1 Å². The van der Waals surface area contributed by atoms with E-state index in [9.17, 15) is 0 Å². The van der Waals surface area contributed by atoms with Crippen LogP contribution < -0.4 is 32.7 Å². The quantitative estimate of drug-likeness (QED) is 0.182. The highest BCUT2D eigenvalue weighted by molar-refractivity contribution is 5.95. The first-order chi connectivity index (χ1) is 10.3. The molecule has 10 nitrogen and oxygen atoms in total. The molecule has 0 saturated carbocycles. The van der Waals surface area contributed by atoms with E-state index in [1.54, 1.807) is 0 Å². The van der Waals surface area contributed by atoms with E-state index >= 15 is 0 Å². The van der Waals surface area contributed by atoms with Gasteiger partial charge in [-0.05, 0) is 12.8 Å². The Labute approximate surface area is 144 Å². The predicted molar refractivity (Wildman–Crippen MR) is 98.6 cm³/mol. The number of halogens is 1. The summed E-state index contributed by atoms with van der Waals surface area (Å²) in [5, 5.41) is 38.1. The number of nitrogens with two attached hydrogens (primary N) is 2.